The number of pyridine rings is 1. The highest BCUT2D eigenvalue weighted by Gasteiger charge is 2.29. The molecule has 13 nitrogen and oxygen atoms in total. The van der Waals surface area contributed by atoms with Crippen LogP contribution in [-0.2, 0) is 34.8 Å². The average molecular weight is 708 g/mol. The molecule has 1 saturated carbocycles. The van der Waals surface area contributed by atoms with Crippen molar-refractivity contribution in [2.24, 2.45) is 7.05 Å². The van der Waals surface area contributed by atoms with Gasteiger partial charge in [0.05, 0.1) is 45.0 Å². The Kier molecular flexibility index (Phi) is 8.15. The number of hydrogen-bond acceptors (Lipinski definition) is 8. The Hall–Kier alpha value is -5.22. The Morgan fingerprint density at radius 2 is 1.86 bits per heavy atom. The molecule has 0 spiro atoms. The Balaban J connectivity index is 1.42. The Morgan fingerprint density at radius 1 is 1.10 bits per heavy atom. The number of sulfonamides is 1. The van der Waals surface area contributed by atoms with Crippen LogP contribution in [0.15, 0.2) is 65.7 Å². The SMILES string of the molecule is Cn1nc(NS(C)(=O)=O)c2c(Cl)ccc(-n3c([C@H](Cc4cc(F)cc(F)c4)NC(=O)Cn4ccc(C5CC5)n4)nc4ncccc4c3=O)c21. The number of aryl methyl sites for hydroxylation is 1. The summed E-state index contributed by atoms with van der Waals surface area (Å²) in [5, 5.41) is 12.2. The lowest BCUT2D eigenvalue weighted by Gasteiger charge is -2.23. The summed E-state index contributed by atoms with van der Waals surface area (Å²) >= 11 is 6.57. The minimum atomic E-state index is -3.78. The van der Waals surface area contributed by atoms with Crippen LogP contribution in [0, 0.1) is 11.6 Å². The summed E-state index contributed by atoms with van der Waals surface area (Å²) in [6.45, 7) is -0.176. The fraction of sp³-hybridized carbons (Fsp3) is 0.250. The summed E-state index contributed by atoms with van der Waals surface area (Å²) in [6, 6.07) is 9.83. The van der Waals surface area contributed by atoms with Gasteiger partial charge in [0.1, 0.15) is 24.0 Å². The zero-order valence-electron chi connectivity index (χ0n) is 26.1. The lowest BCUT2D eigenvalue weighted by Crippen LogP contribution is -2.37. The van der Waals surface area contributed by atoms with Gasteiger partial charge in [-0.1, -0.05) is 11.6 Å². The van der Waals surface area contributed by atoms with Gasteiger partial charge in [0.15, 0.2) is 11.5 Å². The Bertz CT molecular complexity index is 2440. The molecule has 17 heteroatoms. The standard InChI is InChI=1S/C32H28ClF2N9O4S/c1-42-28-25(8-7-22(33)27(28)30(40-42)41-49(2,47)48)44-31(38-29-21(32(44)46)4-3-10-36-29)24(14-17-12-19(34)15-20(35)13-17)37-26(45)16-43-11-9-23(39-43)18-5-6-18/h3-4,7-13,15,18,24H,5-6,14,16H2,1-2H3,(H,37,45)(H,40,41)/t24-/m0/s1. The van der Waals surface area contributed by atoms with E-state index in [0.29, 0.717) is 5.92 Å². The van der Waals surface area contributed by atoms with Crippen LogP contribution >= 0.6 is 11.6 Å². The van der Waals surface area contributed by atoms with Crippen molar-refractivity contribution < 1.29 is 22.0 Å². The van der Waals surface area contributed by atoms with E-state index < -0.39 is 39.2 Å². The number of halogens is 3. The fourth-order valence-corrected chi connectivity index (χ4v) is 6.65. The molecule has 0 aliphatic heterocycles. The van der Waals surface area contributed by atoms with E-state index in [1.807, 2.05) is 6.07 Å². The van der Waals surface area contributed by atoms with E-state index in [-0.39, 0.29) is 62.8 Å². The molecular formula is C32H28ClF2N9O4S. The molecule has 6 aromatic rings. The molecule has 1 atom stereocenters. The lowest BCUT2D eigenvalue weighted by atomic mass is 10.0. The molecule has 1 fully saturated rings. The third-order valence-electron chi connectivity index (χ3n) is 8.08. The number of carbonyl (C=O) groups is 1. The van der Waals surface area contributed by atoms with Gasteiger partial charge in [-0.25, -0.2) is 27.2 Å². The van der Waals surface area contributed by atoms with Gasteiger partial charge in [0, 0.05) is 37.8 Å². The van der Waals surface area contributed by atoms with Gasteiger partial charge in [-0.15, -0.1) is 0 Å². The molecule has 1 aliphatic rings. The zero-order valence-corrected chi connectivity index (χ0v) is 27.6. The van der Waals surface area contributed by atoms with E-state index in [1.165, 1.54) is 38.3 Å². The molecule has 4 aromatic heterocycles. The topological polar surface area (TPSA) is 159 Å². The normalized spacial score (nSPS) is 14.0. The number of rotatable bonds is 10. The smallest absolute Gasteiger partial charge is 0.267 e. The molecule has 252 valence electrons. The molecule has 0 radical (unpaired) electrons. The van der Waals surface area contributed by atoms with Crippen LogP contribution in [0.1, 0.15) is 41.9 Å². The first kappa shape index (κ1) is 32.3. The van der Waals surface area contributed by atoms with Crippen molar-refractivity contribution in [3.05, 3.63) is 105 Å². The molecule has 7 rings (SSSR count). The van der Waals surface area contributed by atoms with Crippen LogP contribution in [-0.4, -0.2) is 54.7 Å². The summed E-state index contributed by atoms with van der Waals surface area (Å²) in [4.78, 5) is 37.0. The van der Waals surface area contributed by atoms with Crippen molar-refractivity contribution in [2.75, 3.05) is 11.0 Å². The number of nitrogens with one attached hydrogen (secondary N) is 2. The van der Waals surface area contributed by atoms with Gasteiger partial charge in [0.2, 0.25) is 15.9 Å². The summed E-state index contributed by atoms with van der Waals surface area (Å²) in [5.74, 6) is -1.86. The Labute approximate surface area is 282 Å². The largest absolute Gasteiger partial charge is 0.344 e. The molecule has 0 unspecified atom stereocenters. The van der Waals surface area contributed by atoms with Gasteiger partial charge >= 0.3 is 0 Å². The van der Waals surface area contributed by atoms with Crippen molar-refractivity contribution in [1.82, 2.24) is 39.4 Å². The van der Waals surface area contributed by atoms with Crippen LogP contribution in [0.3, 0.4) is 0 Å². The fourth-order valence-electron chi connectivity index (χ4n) is 5.91. The van der Waals surface area contributed by atoms with Crippen molar-refractivity contribution in [2.45, 2.75) is 37.8 Å². The second-order valence-corrected chi connectivity index (χ2v) is 14.1. The number of benzene rings is 2. The van der Waals surface area contributed by atoms with Crippen molar-refractivity contribution >= 4 is 55.3 Å². The van der Waals surface area contributed by atoms with Gasteiger partial charge in [0.25, 0.3) is 5.56 Å². The zero-order chi connectivity index (χ0) is 34.6. The first-order valence-electron chi connectivity index (χ1n) is 15.1. The van der Waals surface area contributed by atoms with E-state index in [2.05, 4.69) is 25.2 Å². The molecular weight excluding hydrogens is 680 g/mol. The van der Waals surface area contributed by atoms with Crippen LogP contribution in [0.5, 0.6) is 0 Å². The number of nitrogens with zero attached hydrogens (tertiary/aromatic N) is 7. The first-order chi connectivity index (χ1) is 23.3. The summed E-state index contributed by atoms with van der Waals surface area (Å²) < 4.78 is 59.6. The van der Waals surface area contributed by atoms with Gasteiger partial charge in [-0.2, -0.15) is 10.2 Å². The number of amides is 1. The third-order valence-corrected chi connectivity index (χ3v) is 8.96. The van der Waals surface area contributed by atoms with Crippen LogP contribution in [0.2, 0.25) is 5.02 Å². The van der Waals surface area contributed by atoms with E-state index in [4.69, 9.17) is 16.6 Å². The van der Waals surface area contributed by atoms with E-state index in [1.54, 1.807) is 19.3 Å². The second-order valence-electron chi connectivity index (χ2n) is 11.9. The van der Waals surface area contributed by atoms with Crippen molar-refractivity contribution in [3.63, 3.8) is 0 Å². The van der Waals surface area contributed by atoms with Crippen LogP contribution in [0.25, 0.3) is 27.6 Å². The summed E-state index contributed by atoms with van der Waals surface area (Å²) in [6.07, 6.45) is 6.02. The lowest BCUT2D eigenvalue weighted by molar-refractivity contribution is -0.122. The quantitative estimate of drug-likeness (QED) is 0.215. The molecule has 1 aliphatic carbocycles. The Morgan fingerprint density at radius 3 is 2.57 bits per heavy atom. The van der Waals surface area contributed by atoms with Crippen LogP contribution in [0.4, 0.5) is 14.6 Å². The predicted molar refractivity (Wildman–Crippen MR) is 178 cm³/mol. The van der Waals surface area contributed by atoms with Gasteiger partial charge < -0.3 is 5.32 Å². The predicted octanol–water partition coefficient (Wildman–Crippen LogP) is 4.14. The van der Waals surface area contributed by atoms with E-state index in [9.17, 15) is 26.8 Å². The molecule has 49 heavy (non-hydrogen) atoms. The molecule has 0 saturated heterocycles. The monoisotopic (exact) mass is 707 g/mol. The molecule has 1 amide bonds. The average Bonchev–Trinajstić information content (AvgIpc) is 3.68. The maximum Gasteiger partial charge on any atom is 0.267 e. The third kappa shape index (κ3) is 6.61. The number of hydrogen-bond donors (Lipinski definition) is 2. The number of carbonyl (C=O) groups excluding carboxylic acids is 1. The molecule has 2 N–H and O–H groups in total. The molecule has 4 heterocycles. The van der Waals surface area contributed by atoms with Crippen molar-refractivity contribution in [3.8, 4) is 5.69 Å². The number of aromatic nitrogens is 7. The first-order valence-corrected chi connectivity index (χ1v) is 17.4. The number of fused-ring (bicyclic) bond motifs is 2. The van der Waals surface area contributed by atoms with Crippen LogP contribution < -0.4 is 15.6 Å². The molecule has 0 bridgehead atoms. The van der Waals surface area contributed by atoms with Crippen molar-refractivity contribution in [1.29, 1.82) is 0 Å². The van der Waals surface area contributed by atoms with E-state index >= 15 is 0 Å². The maximum absolute atomic E-state index is 14.4. The number of anilines is 1. The summed E-state index contributed by atoms with van der Waals surface area (Å²) in [7, 11) is -2.23. The molecule has 2 aromatic carbocycles. The highest BCUT2D eigenvalue weighted by molar-refractivity contribution is 7.92. The minimum absolute atomic E-state index is 0.0178. The highest BCUT2D eigenvalue weighted by atomic mass is 35.5. The second kappa shape index (κ2) is 12.3. The van der Waals surface area contributed by atoms with Gasteiger partial charge in [-0.05, 0) is 60.9 Å². The van der Waals surface area contributed by atoms with E-state index in [0.717, 1.165) is 43.0 Å². The maximum atomic E-state index is 14.4. The highest BCUT2D eigenvalue weighted by Crippen LogP contribution is 2.39. The summed E-state index contributed by atoms with van der Waals surface area (Å²) in [5.41, 5.74) is 1.02. The minimum Gasteiger partial charge on any atom is -0.344 e. The van der Waals surface area contributed by atoms with Gasteiger partial charge in [-0.3, -0.25) is 28.2 Å².